The lowest BCUT2D eigenvalue weighted by molar-refractivity contribution is -0.160. The molecule has 118 valence electrons. The summed E-state index contributed by atoms with van der Waals surface area (Å²) in [5.74, 6) is -0.666. The average molecular weight is 305 g/mol. The van der Waals surface area contributed by atoms with Gasteiger partial charge in [-0.1, -0.05) is 0 Å². The predicted octanol–water partition coefficient (Wildman–Crippen LogP) is 1.59. The van der Waals surface area contributed by atoms with E-state index in [1.54, 1.807) is 26.2 Å². The summed E-state index contributed by atoms with van der Waals surface area (Å²) in [6, 6.07) is 5.42. The highest BCUT2D eigenvalue weighted by Gasteiger charge is 2.52. The van der Waals surface area contributed by atoms with Crippen molar-refractivity contribution in [3.05, 3.63) is 23.8 Å². The Morgan fingerprint density at radius 1 is 1.50 bits per heavy atom. The van der Waals surface area contributed by atoms with Crippen LogP contribution in [0.2, 0.25) is 0 Å². The highest BCUT2D eigenvalue weighted by atomic mass is 16.5. The number of hydrogen-bond acceptors (Lipinski definition) is 5. The molecule has 1 saturated heterocycles. The number of rotatable bonds is 3. The highest BCUT2D eigenvalue weighted by molar-refractivity contribution is 6.00. The van der Waals surface area contributed by atoms with E-state index in [0.29, 0.717) is 17.9 Å². The first-order valence-electron chi connectivity index (χ1n) is 7.33. The van der Waals surface area contributed by atoms with E-state index >= 15 is 0 Å². The summed E-state index contributed by atoms with van der Waals surface area (Å²) in [5, 5.41) is 2.79. The van der Waals surface area contributed by atoms with Crippen LogP contribution in [0.5, 0.6) is 11.5 Å². The molecule has 0 spiro atoms. The molecule has 22 heavy (non-hydrogen) atoms. The molecule has 1 fully saturated rings. The fourth-order valence-corrected chi connectivity index (χ4v) is 3.25. The van der Waals surface area contributed by atoms with Gasteiger partial charge in [0.15, 0.2) is 5.72 Å². The second-order valence-corrected chi connectivity index (χ2v) is 5.77. The zero-order valence-electron chi connectivity index (χ0n) is 12.8. The van der Waals surface area contributed by atoms with Gasteiger partial charge in [-0.3, -0.25) is 9.59 Å². The van der Waals surface area contributed by atoms with E-state index in [9.17, 15) is 9.59 Å². The summed E-state index contributed by atoms with van der Waals surface area (Å²) in [5.41, 5.74) is 0.0107. The maximum absolute atomic E-state index is 12.4. The van der Waals surface area contributed by atoms with Gasteiger partial charge in [0.25, 0.3) is 0 Å². The van der Waals surface area contributed by atoms with Crippen molar-refractivity contribution in [1.82, 2.24) is 5.32 Å². The molecular weight excluding hydrogens is 286 g/mol. The van der Waals surface area contributed by atoms with Gasteiger partial charge >= 0.3 is 5.97 Å². The molecule has 3 rings (SSSR count). The van der Waals surface area contributed by atoms with Crippen LogP contribution in [-0.2, 0) is 14.3 Å². The highest BCUT2D eigenvalue weighted by Crippen LogP contribution is 2.47. The zero-order valence-corrected chi connectivity index (χ0v) is 12.8. The summed E-state index contributed by atoms with van der Waals surface area (Å²) < 4.78 is 16.2. The first-order chi connectivity index (χ1) is 10.5. The minimum absolute atomic E-state index is 0.244. The van der Waals surface area contributed by atoms with Crippen LogP contribution >= 0.6 is 0 Å². The largest absolute Gasteiger partial charge is 0.497 e. The summed E-state index contributed by atoms with van der Waals surface area (Å²) in [6.07, 6.45) is 0.516. The van der Waals surface area contributed by atoms with Crippen molar-refractivity contribution in [3.8, 4) is 11.5 Å². The fraction of sp³-hybridized carbons (Fsp3) is 0.500. The number of fused-ring (bicyclic) bond motifs is 4. The molecule has 6 heteroatoms. The van der Waals surface area contributed by atoms with E-state index in [-0.39, 0.29) is 18.4 Å². The molecule has 2 heterocycles. The molecule has 1 aromatic rings. The van der Waals surface area contributed by atoms with Crippen LogP contribution in [0.1, 0.15) is 31.7 Å². The molecule has 0 aliphatic carbocycles. The zero-order chi connectivity index (χ0) is 15.9. The van der Waals surface area contributed by atoms with E-state index in [1.807, 2.05) is 13.0 Å². The molecule has 1 N–H and O–H groups in total. The van der Waals surface area contributed by atoms with Gasteiger partial charge in [0.2, 0.25) is 5.91 Å². The molecule has 2 bridgehead atoms. The Kier molecular flexibility index (Phi) is 3.47. The monoisotopic (exact) mass is 305 g/mol. The summed E-state index contributed by atoms with van der Waals surface area (Å²) in [7, 11) is 1.58. The number of hydrogen-bond donors (Lipinski definition) is 1. The molecule has 2 aliphatic rings. The fourth-order valence-electron chi connectivity index (χ4n) is 3.25. The molecule has 1 aromatic carbocycles. The third kappa shape index (κ3) is 2.28. The van der Waals surface area contributed by atoms with Crippen molar-refractivity contribution in [2.75, 3.05) is 13.7 Å². The Balaban J connectivity index is 2.06. The summed E-state index contributed by atoms with van der Waals surface area (Å²) in [4.78, 5) is 24.6. The number of amides is 1. The minimum Gasteiger partial charge on any atom is -0.497 e. The number of ether oxygens (including phenoxy) is 3. The number of carbonyl (C=O) groups is 2. The number of nitrogens with one attached hydrogen (secondary N) is 1. The predicted molar refractivity (Wildman–Crippen MR) is 77.7 cm³/mol. The number of esters is 1. The molecule has 3 atom stereocenters. The Morgan fingerprint density at radius 3 is 2.95 bits per heavy atom. The van der Waals surface area contributed by atoms with Crippen LogP contribution in [0.15, 0.2) is 18.2 Å². The quantitative estimate of drug-likeness (QED) is 0.678. The van der Waals surface area contributed by atoms with Crippen molar-refractivity contribution >= 4 is 11.9 Å². The van der Waals surface area contributed by atoms with Crippen LogP contribution in [0.3, 0.4) is 0 Å². The topological polar surface area (TPSA) is 73.9 Å². The van der Waals surface area contributed by atoms with Crippen LogP contribution in [0, 0.1) is 5.92 Å². The number of benzene rings is 1. The van der Waals surface area contributed by atoms with Crippen LogP contribution in [0.25, 0.3) is 0 Å². The lowest BCUT2D eigenvalue weighted by atomic mass is 9.75. The Labute approximate surface area is 128 Å². The molecule has 0 aromatic heterocycles. The molecule has 6 nitrogen and oxygen atoms in total. The number of piperidine rings is 1. The summed E-state index contributed by atoms with van der Waals surface area (Å²) >= 11 is 0. The van der Waals surface area contributed by atoms with Crippen LogP contribution < -0.4 is 14.8 Å². The van der Waals surface area contributed by atoms with Crippen molar-refractivity contribution in [3.63, 3.8) is 0 Å². The van der Waals surface area contributed by atoms with Crippen molar-refractivity contribution in [1.29, 1.82) is 0 Å². The summed E-state index contributed by atoms with van der Waals surface area (Å²) in [6.45, 7) is 3.78. The molecule has 0 saturated carbocycles. The van der Waals surface area contributed by atoms with Gasteiger partial charge < -0.3 is 19.5 Å². The average Bonchev–Trinajstić information content (AvgIpc) is 2.46. The second kappa shape index (κ2) is 5.19. The first kappa shape index (κ1) is 14.7. The Morgan fingerprint density at radius 2 is 2.27 bits per heavy atom. The molecule has 0 radical (unpaired) electrons. The van der Waals surface area contributed by atoms with Crippen molar-refractivity contribution in [2.24, 2.45) is 5.92 Å². The van der Waals surface area contributed by atoms with E-state index in [4.69, 9.17) is 14.2 Å². The van der Waals surface area contributed by atoms with E-state index in [1.165, 1.54) is 0 Å². The Hall–Kier alpha value is -2.24. The normalized spacial score (nSPS) is 29.0. The lowest BCUT2D eigenvalue weighted by Gasteiger charge is -2.46. The van der Waals surface area contributed by atoms with Crippen molar-refractivity contribution in [2.45, 2.75) is 31.9 Å². The second-order valence-electron chi connectivity index (χ2n) is 5.77. The van der Waals surface area contributed by atoms with Gasteiger partial charge in [0.05, 0.1) is 13.7 Å². The van der Waals surface area contributed by atoms with Gasteiger partial charge in [-0.25, -0.2) is 0 Å². The maximum Gasteiger partial charge on any atom is 0.319 e. The number of methoxy groups -OCH3 is 1. The lowest BCUT2D eigenvalue weighted by Crippen LogP contribution is -2.62. The van der Waals surface area contributed by atoms with Crippen molar-refractivity contribution < 1.29 is 23.8 Å². The smallest absolute Gasteiger partial charge is 0.319 e. The SMILES string of the molecule is CCOC(=O)[C@@H]1C(=O)N[C@]2(C)C[C@@H]1c1cc(OC)ccc1O2. The standard InChI is InChI=1S/C16H19NO5/c1-4-21-15(19)13-11-8-16(2,17-14(13)18)22-12-6-5-9(20-3)7-10(11)12/h5-7,11,13H,4,8H2,1-3H3,(H,17,18)/t11-,13+,16+/m1/s1. The minimum atomic E-state index is -0.859. The third-order valence-corrected chi connectivity index (χ3v) is 4.17. The van der Waals surface area contributed by atoms with Gasteiger partial charge in [-0.05, 0) is 32.0 Å². The Bertz CT molecular complexity index is 629. The third-order valence-electron chi connectivity index (χ3n) is 4.17. The first-order valence-corrected chi connectivity index (χ1v) is 7.33. The number of carbonyl (C=O) groups excluding carboxylic acids is 2. The van der Waals surface area contributed by atoms with Gasteiger partial charge in [0.1, 0.15) is 17.4 Å². The van der Waals surface area contributed by atoms with Gasteiger partial charge in [-0.15, -0.1) is 0 Å². The van der Waals surface area contributed by atoms with Crippen LogP contribution in [-0.4, -0.2) is 31.3 Å². The molecular formula is C16H19NO5. The van der Waals surface area contributed by atoms with E-state index in [2.05, 4.69) is 5.32 Å². The van der Waals surface area contributed by atoms with Gasteiger partial charge in [-0.2, -0.15) is 0 Å². The molecule has 1 amide bonds. The molecule has 2 aliphatic heterocycles. The maximum atomic E-state index is 12.4. The van der Waals surface area contributed by atoms with E-state index in [0.717, 1.165) is 5.56 Å². The molecule has 0 unspecified atom stereocenters. The van der Waals surface area contributed by atoms with Crippen LogP contribution in [0.4, 0.5) is 0 Å². The van der Waals surface area contributed by atoms with Gasteiger partial charge in [0, 0.05) is 17.9 Å². The van der Waals surface area contributed by atoms with E-state index < -0.39 is 17.6 Å².